The van der Waals surface area contributed by atoms with Crippen LogP contribution in [0.1, 0.15) is 5.56 Å². The molecule has 19 heavy (non-hydrogen) atoms. The molecule has 0 saturated heterocycles. The van der Waals surface area contributed by atoms with E-state index < -0.39 is 6.36 Å². The van der Waals surface area contributed by atoms with E-state index in [4.69, 9.17) is 5.73 Å². The maximum Gasteiger partial charge on any atom is 0.573 e. The Bertz CT molecular complexity index is 556. The largest absolute Gasteiger partial charge is 0.573 e. The van der Waals surface area contributed by atoms with Gasteiger partial charge < -0.3 is 10.5 Å². The summed E-state index contributed by atoms with van der Waals surface area (Å²) < 4.78 is 39.9. The summed E-state index contributed by atoms with van der Waals surface area (Å²) in [7, 11) is 0. The Kier molecular flexibility index (Phi) is 3.38. The number of rotatable bonds is 2. The molecule has 2 rings (SSSR count). The first-order chi connectivity index (χ1) is 8.83. The molecule has 0 aliphatic heterocycles. The highest BCUT2D eigenvalue weighted by molar-refractivity contribution is 5.69. The molecule has 0 atom stereocenters. The molecule has 0 fully saturated rings. The third kappa shape index (κ3) is 3.64. The van der Waals surface area contributed by atoms with Crippen molar-refractivity contribution in [2.75, 3.05) is 5.73 Å². The number of alkyl halides is 3. The third-order valence-electron chi connectivity index (χ3n) is 2.52. The van der Waals surface area contributed by atoms with Gasteiger partial charge in [-0.15, -0.1) is 13.2 Å². The van der Waals surface area contributed by atoms with E-state index in [1.54, 1.807) is 18.2 Å². The van der Waals surface area contributed by atoms with Gasteiger partial charge in [0.15, 0.2) is 0 Å². The second-order valence-corrected chi connectivity index (χ2v) is 4.20. The van der Waals surface area contributed by atoms with Crippen LogP contribution in [0.5, 0.6) is 5.75 Å². The van der Waals surface area contributed by atoms with Gasteiger partial charge in [0.05, 0.1) is 0 Å². The molecule has 0 radical (unpaired) electrons. The van der Waals surface area contributed by atoms with Gasteiger partial charge in [-0.3, -0.25) is 0 Å². The van der Waals surface area contributed by atoms with Crippen LogP contribution in [0.25, 0.3) is 11.1 Å². The van der Waals surface area contributed by atoms with Gasteiger partial charge in [-0.05, 0) is 47.9 Å². The quantitative estimate of drug-likeness (QED) is 0.830. The lowest BCUT2D eigenvalue weighted by atomic mass is 10.0. The molecule has 0 aliphatic carbocycles. The van der Waals surface area contributed by atoms with Gasteiger partial charge in [0.2, 0.25) is 0 Å². The van der Waals surface area contributed by atoms with Crippen LogP contribution in [-0.2, 0) is 0 Å². The summed E-state index contributed by atoms with van der Waals surface area (Å²) in [6, 6.07) is 11.2. The van der Waals surface area contributed by atoms with Crippen molar-refractivity contribution in [1.82, 2.24) is 0 Å². The summed E-state index contributed by atoms with van der Waals surface area (Å²) in [5.74, 6) is -0.239. The average molecular weight is 267 g/mol. The van der Waals surface area contributed by atoms with Crippen LogP contribution in [0.4, 0.5) is 18.9 Å². The summed E-state index contributed by atoms with van der Waals surface area (Å²) in [5, 5.41) is 0. The van der Waals surface area contributed by atoms with Gasteiger partial charge in [-0.2, -0.15) is 0 Å². The molecule has 2 N–H and O–H groups in total. The number of benzene rings is 2. The lowest BCUT2D eigenvalue weighted by molar-refractivity contribution is -0.274. The summed E-state index contributed by atoms with van der Waals surface area (Å²) in [6.07, 6.45) is -4.67. The Balaban J connectivity index is 2.27. The second-order valence-electron chi connectivity index (χ2n) is 4.20. The first-order valence-corrected chi connectivity index (χ1v) is 5.57. The van der Waals surface area contributed by atoms with Gasteiger partial charge in [0, 0.05) is 5.69 Å². The Labute approximate surface area is 108 Å². The van der Waals surface area contributed by atoms with E-state index in [2.05, 4.69) is 4.74 Å². The van der Waals surface area contributed by atoms with Crippen molar-refractivity contribution in [1.29, 1.82) is 0 Å². The lowest BCUT2D eigenvalue weighted by Gasteiger charge is -2.10. The highest BCUT2D eigenvalue weighted by atomic mass is 19.4. The van der Waals surface area contributed by atoms with Crippen LogP contribution in [0.15, 0.2) is 42.5 Å². The molecular formula is C14H12F3NO. The summed E-state index contributed by atoms with van der Waals surface area (Å²) in [4.78, 5) is 0. The molecular weight excluding hydrogens is 255 g/mol. The van der Waals surface area contributed by atoms with Crippen molar-refractivity contribution >= 4 is 5.69 Å². The zero-order valence-corrected chi connectivity index (χ0v) is 10.2. The highest BCUT2D eigenvalue weighted by Crippen LogP contribution is 2.28. The highest BCUT2D eigenvalue weighted by Gasteiger charge is 2.30. The molecule has 0 aromatic heterocycles. The fourth-order valence-electron chi connectivity index (χ4n) is 1.83. The van der Waals surface area contributed by atoms with Crippen molar-refractivity contribution in [2.24, 2.45) is 0 Å². The summed E-state index contributed by atoms with van der Waals surface area (Å²) in [5.41, 5.74) is 8.98. The van der Waals surface area contributed by atoms with E-state index >= 15 is 0 Å². The predicted octanol–water partition coefficient (Wildman–Crippen LogP) is 4.14. The minimum atomic E-state index is -4.67. The molecule has 100 valence electrons. The predicted molar refractivity (Wildman–Crippen MR) is 67.7 cm³/mol. The maximum absolute atomic E-state index is 12.0. The average Bonchev–Trinajstić information content (AvgIpc) is 2.26. The van der Waals surface area contributed by atoms with E-state index in [1.165, 1.54) is 12.1 Å². The van der Waals surface area contributed by atoms with E-state index in [-0.39, 0.29) is 5.75 Å². The molecule has 0 spiro atoms. The van der Waals surface area contributed by atoms with Crippen LogP contribution in [0.3, 0.4) is 0 Å². The van der Waals surface area contributed by atoms with E-state index in [0.29, 0.717) is 5.69 Å². The molecule has 0 bridgehead atoms. The van der Waals surface area contributed by atoms with Gasteiger partial charge in [0.1, 0.15) is 5.75 Å². The lowest BCUT2D eigenvalue weighted by Crippen LogP contribution is -2.16. The number of hydrogen-bond donors (Lipinski definition) is 1. The number of nitrogens with two attached hydrogens (primary N) is 1. The zero-order chi connectivity index (χ0) is 14.0. The van der Waals surface area contributed by atoms with Crippen LogP contribution < -0.4 is 10.5 Å². The van der Waals surface area contributed by atoms with Gasteiger partial charge in [-0.1, -0.05) is 18.2 Å². The molecule has 2 nitrogen and oxygen atoms in total. The summed E-state index contributed by atoms with van der Waals surface area (Å²) in [6.45, 7) is 1.90. The molecule has 0 saturated carbocycles. The molecule has 0 amide bonds. The van der Waals surface area contributed by atoms with Crippen LogP contribution in [-0.4, -0.2) is 6.36 Å². The summed E-state index contributed by atoms with van der Waals surface area (Å²) >= 11 is 0. The monoisotopic (exact) mass is 267 g/mol. The first-order valence-electron chi connectivity index (χ1n) is 5.57. The van der Waals surface area contributed by atoms with Crippen molar-refractivity contribution in [2.45, 2.75) is 13.3 Å². The molecule has 2 aromatic carbocycles. The fourth-order valence-corrected chi connectivity index (χ4v) is 1.83. The van der Waals surface area contributed by atoms with Gasteiger partial charge in [0.25, 0.3) is 0 Å². The number of hydrogen-bond acceptors (Lipinski definition) is 2. The number of aryl methyl sites for hydroxylation is 1. The van der Waals surface area contributed by atoms with Crippen LogP contribution >= 0.6 is 0 Å². The molecule has 0 aliphatic rings. The van der Waals surface area contributed by atoms with Crippen LogP contribution in [0.2, 0.25) is 0 Å². The minimum Gasteiger partial charge on any atom is -0.406 e. The van der Waals surface area contributed by atoms with Crippen molar-refractivity contribution < 1.29 is 17.9 Å². The van der Waals surface area contributed by atoms with E-state index in [0.717, 1.165) is 16.7 Å². The normalized spacial score (nSPS) is 11.4. The smallest absolute Gasteiger partial charge is 0.406 e. The van der Waals surface area contributed by atoms with Gasteiger partial charge >= 0.3 is 6.36 Å². The van der Waals surface area contributed by atoms with Crippen molar-refractivity contribution in [3.63, 3.8) is 0 Å². The Morgan fingerprint density at radius 1 is 0.947 bits per heavy atom. The number of halogens is 3. The molecule has 2 aromatic rings. The van der Waals surface area contributed by atoms with Gasteiger partial charge in [-0.25, -0.2) is 0 Å². The number of nitrogen functional groups attached to an aromatic ring is 1. The molecule has 0 heterocycles. The fraction of sp³-hybridized carbons (Fsp3) is 0.143. The second kappa shape index (κ2) is 4.84. The van der Waals surface area contributed by atoms with Crippen molar-refractivity contribution in [3.8, 4) is 16.9 Å². The molecule has 5 heteroatoms. The SMILES string of the molecule is Cc1cc(N)cc(-c2ccc(OC(F)(F)F)cc2)c1. The van der Waals surface area contributed by atoms with E-state index in [1.807, 2.05) is 19.1 Å². The number of anilines is 1. The number of ether oxygens (including phenoxy) is 1. The Morgan fingerprint density at radius 3 is 2.11 bits per heavy atom. The van der Waals surface area contributed by atoms with E-state index in [9.17, 15) is 13.2 Å². The standard InChI is InChI=1S/C14H12F3NO/c1-9-6-11(8-12(18)7-9)10-2-4-13(5-3-10)19-14(15,16)17/h2-8H,18H2,1H3. The zero-order valence-electron chi connectivity index (χ0n) is 10.2. The molecule has 0 unspecified atom stereocenters. The maximum atomic E-state index is 12.0. The Morgan fingerprint density at radius 2 is 1.58 bits per heavy atom. The third-order valence-corrected chi connectivity index (χ3v) is 2.52. The minimum absolute atomic E-state index is 0.239. The topological polar surface area (TPSA) is 35.2 Å². The van der Waals surface area contributed by atoms with Crippen LogP contribution in [0, 0.1) is 6.92 Å². The van der Waals surface area contributed by atoms with Crippen molar-refractivity contribution in [3.05, 3.63) is 48.0 Å². The Hall–Kier alpha value is -2.17. The first kappa shape index (κ1) is 13.3.